The molecule has 0 aliphatic rings. The van der Waals surface area contributed by atoms with E-state index in [-0.39, 0.29) is 0 Å². The van der Waals surface area contributed by atoms with Crippen molar-refractivity contribution >= 4 is 26.9 Å². The van der Waals surface area contributed by atoms with Crippen molar-refractivity contribution in [3.63, 3.8) is 0 Å². The summed E-state index contributed by atoms with van der Waals surface area (Å²) < 4.78 is 6.55. The van der Waals surface area contributed by atoms with E-state index in [0.29, 0.717) is 6.42 Å². The predicted molar refractivity (Wildman–Crippen MR) is 61.2 cm³/mol. The van der Waals surface area contributed by atoms with Crippen molar-refractivity contribution in [1.82, 2.24) is 0 Å². The van der Waals surface area contributed by atoms with Gasteiger partial charge in [0.2, 0.25) is 0 Å². The first-order valence-electron chi connectivity index (χ1n) is 4.52. The summed E-state index contributed by atoms with van der Waals surface area (Å²) >= 11 is 3.39. The highest BCUT2D eigenvalue weighted by atomic mass is 79.9. The first-order valence-corrected chi connectivity index (χ1v) is 5.31. The quantitative estimate of drug-likeness (QED) is 0.907. The maximum atomic E-state index is 8.59. The number of fused-ring (bicyclic) bond motifs is 1. The Kier molecular flexibility index (Phi) is 2.76. The van der Waals surface area contributed by atoms with Gasteiger partial charge < -0.3 is 10.2 Å². The van der Waals surface area contributed by atoms with Crippen LogP contribution < -0.4 is 5.73 Å². The molecule has 3 nitrogen and oxygen atoms in total. The standard InChI is InChI=1S/C11H9BrN2O/c12-8-1-2-11-7(3-8)4-10(15-11)5-9(14)6-13/h1-4,9H,5,14H2. The van der Waals surface area contributed by atoms with E-state index >= 15 is 0 Å². The molecule has 0 fully saturated rings. The molecule has 0 saturated carbocycles. The van der Waals surface area contributed by atoms with Crippen molar-refractivity contribution in [2.45, 2.75) is 12.5 Å². The topological polar surface area (TPSA) is 63.0 Å². The van der Waals surface area contributed by atoms with Crippen molar-refractivity contribution in [2.24, 2.45) is 5.73 Å². The monoisotopic (exact) mass is 264 g/mol. The van der Waals surface area contributed by atoms with Crippen molar-refractivity contribution < 1.29 is 4.42 Å². The number of furan rings is 1. The van der Waals surface area contributed by atoms with Gasteiger partial charge in [0, 0.05) is 16.3 Å². The Balaban J connectivity index is 2.35. The Morgan fingerprint density at radius 3 is 3.00 bits per heavy atom. The molecule has 0 aliphatic carbocycles. The molecule has 2 rings (SSSR count). The molecule has 0 saturated heterocycles. The smallest absolute Gasteiger partial charge is 0.134 e. The highest BCUT2D eigenvalue weighted by molar-refractivity contribution is 9.10. The maximum absolute atomic E-state index is 8.59. The maximum Gasteiger partial charge on any atom is 0.134 e. The molecular weight excluding hydrogens is 256 g/mol. The number of hydrogen-bond acceptors (Lipinski definition) is 3. The van der Waals surface area contributed by atoms with Crippen molar-refractivity contribution in [3.8, 4) is 6.07 Å². The van der Waals surface area contributed by atoms with Gasteiger partial charge in [-0.3, -0.25) is 0 Å². The van der Waals surface area contributed by atoms with E-state index in [1.54, 1.807) is 0 Å². The second-order valence-corrected chi connectivity index (χ2v) is 4.25. The molecule has 0 amide bonds. The first-order chi connectivity index (χ1) is 7.19. The number of nitriles is 1. The summed E-state index contributed by atoms with van der Waals surface area (Å²) in [5.41, 5.74) is 6.34. The van der Waals surface area contributed by atoms with Crippen LogP contribution in [-0.4, -0.2) is 6.04 Å². The van der Waals surface area contributed by atoms with Gasteiger partial charge in [-0.05, 0) is 24.3 Å². The van der Waals surface area contributed by atoms with Crippen molar-refractivity contribution in [1.29, 1.82) is 5.26 Å². The molecule has 1 atom stereocenters. The highest BCUT2D eigenvalue weighted by Gasteiger charge is 2.08. The van der Waals surface area contributed by atoms with Gasteiger partial charge in [0.25, 0.3) is 0 Å². The second-order valence-electron chi connectivity index (χ2n) is 3.33. The largest absolute Gasteiger partial charge is 0.461 e. The number of halogens is 1. The molecule has 0 aliphatic heterocycles. The zero-order valence-electron chi connectivity index (χ0n) is 7.90. The lowest BCUT2D eigenvalue weighted by molar-refractivity contribution is 0.537. The zero-order chi connectivity index (χ0) is 10.8. The Morgan fingerprint density at radius 2 is 2.27 bits per heavy atom. The van der Waals surface area contributed by atoms with E-state index in [0.717, 1.165) is 21.2 Å². The van der Waals surface area contributed by atoms with Crippen LogP contribution in [0.3, 0.4) is 0 Å². The molecule has 1 unspecified atom stereocenters. The molecule has 0 bridgehead atoms. The zero-order valence-corrected chi connectivity index (χ0v) is 9.49. The lowest BCUT2D eigenvalue weighted by Crippen LogP contribution is -2.19. The van der Waals surface area contributed by atoms with Crippen LogP contribution in [0.25, 0.3) is 11.0 Å². The van der Waals surface area contributed by atoms with Crippen molar-refractivity contribution in [2.75, 3.05) is 0 Å². The number of nitrogens with two attached hydrogens (primary N) is 1. The third-order valence-corrected chi connectivity index (χ3v) is 2.61. The van der Waals surface area contributed by atoms with E-state index < -0.39 is 6.04 Å². The fourth-order valence-corrected chi connectivity index (χ4v) is 1.81. The minimum Gasteiger partial charge on any atom is -0.461 e. The Labute approximate surface area is 95.6 Å². The van der Waals surface area contributed by atoms with Gasteiger partial charge in [-0.1, -0.05) is 15.9 Å². The third-order valence-electron chi connectivity index (χ3n) is 2.12. The van der Waals surface area contributed by atoms with Crippen LogP contribution in [0.1, 0.15) is 5.76 Å². The molecule has 4 heteroatoms. The molecule has 1 aromatic carbocycles. The van der Waals surface area contributed by atoms with Gasteiger partial charge >= 0.3 is 0 Å². The molecule has 2 N–H and O–H groups in total. The molecule has 0 spiro atoms. The summed E-state index contributed by atoms with van der Waals surface area (Å²) in [6.07, 6.45) is 0.447. The summed E-state index contributed by atoms with van der Waals surface area (Å²) in [7, 11) is 0. The van der Waals surface area contributed by atoms with E-state index in [2.05, 4.69) is 15.9 Å². The summed E-state index contributed by atoms with van der Waals surface area (Å²) in [4.78, 5) is 0. The molecule has 1 heterocycles. The summed E-state index contributed by atoms with van der Waals surface area (Å²) in [6, 6.07) is 9.16. The number of nitrogens with zero attached hydrogens (tertiary/aromatic N) is 1. The third kappa shape index (κ3) is 2.20. The van der Waals surface area contributed by atoms with Crippen LogP contribution in [0.5, 0.6) is 0 Å². The van der Waals surface area contributed by atoms with E-state index in [9.17, 15) is 0 Å². The van der Waals surface area contributed by atoms with E-state index in [4.69, 9.17) is 15.4 Å². The SMILES string of the molecule is N#CC(N)Cc1cc2cc(Br)ccc2o1. The summed E-state index contributed by atoms with van der Waals surface area (Å²) in [5.74, 6) is 0.747. The number of rotatable bonds is 2. The molecule has 76 valence electrons. The fraction of sp³-hybridized carbons (Fsp3) is 0.182. The summed E-state index contributed by atoms with van der Waals surface area (Å²) in [5, 5.41) is 9.61. The average Bonchev–Trinajstić information content (AvgIpc) is 2.59. The molecule has 1 aromatic heterocycles. The van der Waals surface area contributed by atoms with Crippen molar-refractivity contribution in [3.05, 3.63) is 34.5 Å². The lowest BCUT2D eigenvalue weighted by Gasteiger charge is -1.96. The molecular formula is C11H9BrN2O. The normalized spacial score (nSPS) is 12.6. The van der Waals surface area contributed by atoms with Gasteiger partial charge in [-0.15, -0.1) is 0 Å². The van der Waals surface area contributed by atoms with Crippen LogP contribution >= 0.6 is 15.9 Å². The summed E-state index contributed by atoms with van der Waals surface area (Å²) in [6.45, 7) is 0. The van der Waals surface area contributed by atoms with Crippen LogP contribution in [0, 0.1) is 11.3 Å². The van der Waals surface area contributed by atoms with Crippen LogP contribution in [0.2, 0.25) is 0 Å². The van der Waals surface area contributed by atoms with Crippen LogP contribution in [0.4, 0.5) is 0 Å². The highest BCUT2D eigenvalue weighted by Crippen LogP contribution is 2.23. The van der Waals surface area contributed by atoms with E-state index in [1.165, 1.54) is 0 Å². The van der Waals surface area contributed by atoms with Gasteiger partial charge in [0.05, 0.1) is 12.1 Å². The number of benzene rings is 1. The van der Waals surface area contributed by atoms with Gasteiger partial charge in [-0.2, -0.15) is 5.26 Å². The van der Waals surface area contributed by atoms with Gasteiger partial charge in [0.15, 0.2) is 0 Å². The van der Waals surface area contributed by atoms with Crippen LogP contribution in [0.15, 0.2) is 33.2 Å². The van der Waals surface area contributed by atoms with Gasteiger partial charge in [-0.25, -0.2) is 0 Å². The minimum absolute atomic E-state index is 0.447. The minimum atomic E-state index is -0.506. The van der Waals surface area contributed by atoms with E-state index in [1.807, 2.05) is 30.3 Å². The number of hydrogen-bond donors (Lipinski definition) is 1. The van der Waals surface area contributed by atoms with Crippen LogP contribution in [-0.2, 0) is 6.42 Å². The second kappa shape index (κ2) is 4.05. The Hall–Kier alpha value is -1.31. The fourth-order valence-electron chi connectivity index (χ4n) is 1.43. The first kappa shape index (κ1) is 10.2. The molecule has 2 aromatic rings. The molecule has 15 heavy (non-hydrogen) atoms. The Bertz CT molecular complexity index is 527. The van der Waals surface area contributed by atoms with Gasteiger partial charge in [0.1, 0.15) is 11.3 Å². The average molecular weight is 265 g/mol. The lowest BCUT2D eigenvalue weighted by atomic mass is 10.2. The Morgan fingerprint density at radius 1 is 1.47 bits per heavy atom. The predicted octanol–water partition coefficient (Wildman–Crippen LogP) is 2.59. The molecule has 0 radical (unpaired) electrons.